The summed E-state index contributed by atoms with van der Waals surface area (Å²) >= 11 is 0. The summed E-state index contributed by atoms with van der Waals surface area (Å²) in [5.74, 6) is 1.79. The van der Waals surface area contributed by atoms with Crippen LogP contribution in [0.2, 0.25) is 0 Å². The highest BCUT2D eigenvalue weighted by Gasteiger charge is 2.34. The van der Waals surface area contributed by atoms with Crippen LogP contribution in [-0.2, 0) is 4.74 Å². The second-order valence-corrected chi connectivity index (χ2v) is 13.3. The monoisotopic (exact) mass is 543 g/mol. The van der Waals surface area contributed by atoms with E-state index in [0.29, 0.717) is 24.0 Å². The van der Waals surface area contributed by atoms with Crippen molar-refractivity contribution >= 4 is 6.02 Å². The number of ether oxygens (including phenoxy) is 1. The van der Waals surface area contributed by atoms with E-state index in [0.717, 1.165) is 24.8 Å². The van der Waals surface area contributed by atoms with E-state index in [-0.39, 0.29) is 12.1 Å². The minimum absolute atomic E-state index is 0.110. The fourth-order valence-corrected chi connectivity index (χ4v) is 7.30. The van der Waals surface area contributed by atoms with Gasteiger partial charge in [-0.2, -0.15) is 0 Å². The maximum atomic E-state index is 6.46. The third-order valence-corrected chi connectivity index (χ3v) is 9.34. The Bertz CT molecular complexity index is 1000. The maximum Gasteiger partial charge on any atom is 0.285 e. The van der Waals surface area contributed by atoms with Crippen molar-refractivity contribution in [3.8, 4) is 0 Å². The lowest BCUT2D eigenvalue weighted by Crippen LogP contribution is -2.36. The van der Waals surface area contributed by atoms with Gasteiger partial charge in [0.05, 0.1) is 0 Å². The Labute approximate surface area is 243 Å². The van der Waals surface area contributed by atoms with Gasteiger partial charge in [0, 0.05) is 37.0 Å². The average molecular weight is 544 g/mol. The van der Waals surface area contributed by atoms with Crippen LogP contribution in [0.1, 0.15) is 138 Å². The standard InChI is InChI=1S/C36H53N3O/c1-25(2)38-36(39-26(3)4)40-33-23-34(37-24-33)35(31-19-15-29(16-20-31)27-11-7-5-8-12-27)32-21-17-30(18-22-32)28-13-9-6-10-14-28/h15-22,25-28,33-35,37H,5-14,23-24H2,1-4H3,(H,38,39)/t33-,34-/m1/s1. The van der Waals surface area contributed by atoms with E-state index in [1.54, 1.807) is 0 Å². The lowest BCUT2D eigenvalue weighted by molar-refractivity contribution is 0.191. The molecule has 0 aromatic heterocycles. The number of rotatable bonds is 8. The van der Waals surface area contributed by atoms with Crippen LogP contribution in [0.15, 0.2) is 53.5 Å². The zero-order valence-corrected chi connectivity index (χ0v) is 25.5. The molecule has 4 nitrogen and oxygen atoms in total. The molecule has 2 aliphatic carbocycles. The molecule has 0 amide bonds. The first-order valence-electron chi connectivity index (χ1n) is 16.4. The molecular formula is C36H53N3O. The summed E-state index contributed by atoms with van der Waals surface area (Å²) in [6.07, 6.45) is 14.8. The normalized spacial score (nSPS) is 23.3. The van der Waals surface area contributed by atoms with Crippen LogP contribution in [0, 0.1) is 0 Å². The maximum absolute atomic E-state index is 6.46. The van der Waals surface area contributed by atoms with Gasteiger partial charge in [0.1, 0.15) is 6.10 Å². The van der Waals surface area contributed by atoms with Gasteiger partial charge in [-0.25, -0.2) is 4.99 Å². The zero-order chi connectivity index (χ0) is 27.9. The topological polar surface area (TPSA) is 45.7 Å². The van der Waals surface area contributed by atoms with Crippen LogP contribution in [0.5, 0.6) is 0 Å². The molecular weight excluding hydrogens is 490 g/mol. The minimum Gasteiger partial charge on any atom is -0.461 e. The third kappa shape index (κ3) is 7.69. The lowest BCUT2D eigenvalue weighted by Gasteiger charge is -2.28. The van der Waals surface area contributed by atoms with Crippen molar-refractivity contribution in [3.63, 3.8) is 0 Å². The Kier molecular flexibility index (Phi) is 10.2. The Balaban J connectivity index is 1.36. The molecule has 3 fully saturated rings. The average Bonchev–Trinajstić information content (AvgIpc) is 3.42. The molecule has 1 saturated heterocycles. The van der Waals surface area contributed by atoms with Crippen molar-refractivity contribution in [2.24, 2.45) is 4.99 Å². The Morgan fingerprint density at radius 1 is 0.750 bits per heavy atom. The molecule has 3 aliphatic rings. The first-order valence-corrected chi connectivity index (χ1v) is 16.4. The Morgan fingerprint density at radius 2 is 1.25 bits per heavy atom. The number of nitrogens with one attached hydrogen (secondary N) is 2. The van der Waals surface area contributed by atoms with Crippen molar-refractivity contribution in [2.45, 2.75) is 140 Å². The van der Waals surface area contributed by atoms with Crippen LogP contribution in [0.4, 0.5) is 0 Å². The van der Waals surface area contributed by atoms with Crippen LogP contribution < -0.4 is 10.6 Å². The summed E-state index contributed by atoms with van der Waals surface area (Å²) in [4.78, 5) is 4.73. The van der Waals surface area contributed by atoms with Crippen molar-refractivity contribution in [3.05, 3.63) is 70.8 Å². The van der Waals surface area contributed by atoms with E-state index in [1.165, 1.54) is 86.5 Å². The first kappa shape index (κ1) is 29.2. The number of hydrogen-bond donors (Lipinski definition) is 2. The van der Waals surface area contributed by atoms with Crippen LogP contribution in [0.25, 0.3) is 0 Å². The molecule has 1 aliphatic heterocycles. The predicted octanol–water partition coefficient (Wildman–Crippen LogP) is 8.42. The van der Waals surface area contributed by atoms with E-state index >= 15 is 0 Å². The number of benzene rings is 2. The van der Waals surface area contributed by atoms with Gasteiger partial charge in [-0.15, -0.1) is 0 Å². The summed E-state index contributed by atoms with van der Waals surface area (Å²) in [7, 11) is 0. The van der Waals surface area contributed by atoms with Gasteiger partial charge in [-0.05, 0) is 87.5 Å². The summed E-state index contributed by atoms with van der Waals surface area (Å²) in [6.45, 7) is 9.33. The highest BCUT2D eigenvalue weighted by molar-refractivity contribution is 5.74. The van der Waals surface area contributed by atoms with Gasteiger partial charge in [-0.1, -0.05) is 87.1 Å². The van der Waals surface area contributed by atoms with Crippen LogP contribution in [-0.4, -0.2) is 36.8 Å². The fourth-order valence-electron chi connectivity index (χ4n) is 7.30. The molecule has 0 unspecified atom stereocenters. The Morgan fingerprint density at radius 3 is 1.70 bits per heavy atom. The molecule has 2 atom stereocenters. The van der Waals surface area contributed by atoms with Gasteiger partial charge >= 0.3 is 0 Å². The number of aliphatic imine (C=N–C) groups is 1. The van der Waals surface area contributed by atoms with E-state index < -0.39 is 0 Å². The molecule has 0 bridgehead atoms. The van der Waals surface area contributed by atoms with Gasteiger partial charge in [0.2, 0.25) is 0 Å². The van der Waals surface area contributed by atoms with Crippen molar-refractivity contribution in [1.82, 2.24) is 10.6 Å². The highest BCUT2D eigenvalue weighted by atomic mass is 16.5. The van der Waals surface area contributed by atoms with Crippen LogP contribution in [0.3, 0.4) is 0 Å². The smallest absolute Gasteiger partial charge is 0.285 e. The van der Waals surface area contributed by atoms with Gasteiger partial charge in [0.15, 0.2) is 0 Å². The van der Waals surface area contributed by atoms with Crippen molar-refractivity contribution in [2.75, 3.05) is 6.54 Å². The van der Waals surface area contributed by atoms with Crippen molar-refractivity contribution in [1.29, 1.82) is 0 Å². The molecule has 4 heteroatoms. The fraction of sp³-hybridized carbons (Fsp3) is 0.639. The summed E-state index contributed by atoms with van der Waals surface area (Å²) in [5.41, 5.74) is 5.90. The summed E-state index contributed by atoms with van der Waals surface area (Å²) in [6, 6.07) is 20.9. The van der Waals surface area contributed by atoms with E-state index in [4.69, 9.17) is 9.73 Å². The minimum atomic E-state index is 0.110. The van der Waals surface area contributed by atoms with E-state index in [2.05, 4.69) is 86.9 Å². The molecule has 2 aromatic carbocycles. The van der Waals surface area contributed by atoms with E-state index in [1.807, 2.05) is 0 Å². The van der Waals surface area contributed by atoms with Gasteiger partial charge < -0.3 is 15.4 Å². The molecule has 2 N–H and O–H groups in total. The van der Waals surface area contributed by atoms with Gasteiger partial charge in [0.25, 0.3) is 6.02 Å². The SMILES string of the molecule is CC(C)/N=C(\NC(C)C)O[C@H]1CN[C@@H](C(c2ccc(C3CCCCC3)cc2)c2ccc(C3CCCCC3)cc2)C1. The number of amidine groups is 1. The van der Waals surface area contributed by atoms with Crippen molar-refractivity contribution < 1.29 is 4.74 Å². The largest absolute Gasteiger partial charge is 0.461 e. The second kappa shape index (κ2) is 14.0. The highest BCUT2D eigenvalue weighted by Crippen LogP contribution is 2.38. The second-order valence-electron chi connectivity index (χ2n) is 13.3. The number of nitrogens with zero attached hydrogens (tertiary/aromatic N) is 1. The molecule has 1 heterocycles. The molecule has 5 rings (SSSR count). The molecule has 0 radical (unpaired) electrons. The Hall–Kier alpha value is -2.33. The van der Waals surface area contributed by atoms with Crippen LogP contribution >= 0.6 is 0 Å². The van der Waals surface area contributed by atoms with E-state index in [9.17, 15) is 0 Å². The predicted molar refractivity (Wildman–Crippen MR) is 169 cm³/mol. The molecule has 40 heavy (non-hydrogen) atoms. The summed E-state index contributed by atoms with van der Waals surface area (Å²) in [5, 5.41) is 7.28. The quantitative estimate of drug-likeness (QED) is 0.259. The lowest BCUT2D eigenvalue weighted by atomic mass is 9.79. The third-order valence-electron chi connectivity index (χ3n) is 9.34. The molecule has 2 saturated carbocycles. The zero-order valence-electron chi connectivity index (χ0n) is 25.5. The number of hydrogen-bond acceptors (Lipinski definition) is 3. The molecule has 0 spiro atoms. The molecule has 2 aromatic rings. The molecule has 218 valence electrons. The first-order chi connectivity index (χ1) is 19.5. The van der Waals surface area contributed by atoms with Gasteiger partial charge in [-0.3, -0.25) is 0 Å². The summed E-state index contributed by atoms with van der Waals surface area (Å²) < 4.78 is 6.46.